The zero-order valence-electron chi connectivity index (χ0n) is 37.4. The summed E-state index contributed by atoms with van der Waals surface area (Å²) in [5, 5.41) is 14.2. The van der Waals surface area contributed by atoms with Crippen LogP contribution in [-0.4, -0.2) is 9.67 Å². The van der Waals surface area contributed by atoms with Gasteiger partial charge in [0.2, 0.25) is 0 Å². The van der Waals surface area contributed by atoms with Crippen LogP contribution in [0.15, 0.2) is 231 Å². The molecule has 1 aromatic heterocycles. The monoisotopic (exact) mass is 867 g/mol. The van der Waals surface area contributed by atoms with E-state index in [0.29, 0.717) is 0 Å². The van der Waals surface area contributed by atoms with E-state index in [0.717, 1.165) is 34.3 Å². The molecule has 2 heteroatoms. The normalized spacial score (nSPS) is 14.6. The van der Waals surface area contributed by atoms with Crippen molar-refractivity contribution in [1.29, 1.82) is 0 Å². The van der Waals surface area contributed by atoms with Crippen LogP contribution >= 0.6 is 0 Å². The summed E-state index contributed by atoms with van der Waals surface area (Å²) in [5.74, 6) is 0.480. The Kier molecular flexibility index (Phi) is 8.81. The predicted molar refractivity (Wildman–Crippen MR) is 280 cm³/mol. The molecule has 68 heavy (non-hydrogen) atoms. The highest BCUT2D eigenvalue weighted by Crippen LogP contribution is 2.52. The lowest BCUT2D eigenvalue weighted by Gasteiger charge is -2.18. The van der Waals surface area contributed by atoms with Crippen LogP contribution in [-0.2, 0) is 6.42 Å². The summed E-state index contributed by atoms with van der Waals surface area (Å²) in [6.45, 7) is 0. The maximum absolute atomic E-state index is 11.8. The number of nitrogens with zero attached hydrogens (tertiary/aromatic N) is 1. The molecule has 10 aromatic carbocycles. The lowest BCUT2D eigenvalue weighted by atomic mass is 9.85. The van der Waals surface area contributed by atoms with Crippen LogP contribution in [0, 0.1) is 0 Å². The van der Waals surface area contributed by atoms with E-state index in [1.165, 1.54) is 99.8 Å². The number of aliphatic hydroxyl groups excluding tert-OH is 1. The topological polar surface area (TPSA) is 25.2 Å². The van der Waals surface area contributed by atoms with Crippen molar-refractivity contribution < 1.29 is 5.11 Å². The van der Waals surface area contributed by atoms with Gasteiger partial charge in [0.05, 0.1) is 11.0 Å². The van der Waals surface area contributed by atoms with Gasteiger partial charge in [0.15, 0.2) is 0 Å². The first-order chi connectivity index (χ1) is 33.6. The van der Waals surface area contributed by atoms with Crippen molar-refractivity contribution in [3.63, 3.8) is 0 Å². The first kappa shape index (κ1) is 38.9. The molecule has 3 aliphatic rings. The second-order valence-corrected chi connectivity index (χ2v) is 18.8. The molecular formula is C66H45NO. The molecule has 2 nitrogen and oxygen atoms in total. The Morgan fingerprint density at radius 1 is 0.412 bits per heavy atom. The minimum atomic E-state index is -0.741. The third kappa shape index (κ3) is 6.01. The number of fused-ring (bicyclic) bond motifs is 12. The molecular weight excluding hydrogens is 823 g/mol. The highest BCUT2D eigenvalue weighted by molar-refractivity contribution is 6.11. The molecule has 320 valence electrons. The van der Waals surface area contributed by atoms with E-state index in [-0.39, 0.29) is 11.8 Å². The van der Waals surface area contributed by atoms with E-state index < -0.39 is 6.10 Å². The molecule has 11 aromatic rings. The fraction of sp³-hybridized carbons (Fsp3) is 0.0606. The van der Waals surface area contributed by atoms with Gasteiger partial charge in [0.25, 0.3) is 0 Å². The molecule has 0 radical (unpaired) electrons. The van der Waals surface area contributed by atoms with Gasteiger partial charge >= 0.3 is 0 Å². The van der Waals surface area contributed by atoms with E-state index in [1.807, 2.05) is 0 Å². The standard InChI is InChI=1S/C66H45NO/c68-66(43-28-25-41(26-29-43)37-59-53-19-5-6-20-54(53)61-40-45(32-35-55(59)61)65-57-22-9-7-15-49(57)50-16-8-10-23-58(50)65)44-30-33-46(34-31-44)67-63-24-12-11-21-56(63)62-39-42(27-36-64(62)67)38-60-51-17-3-1-13-47(51)48-14-2-4-18-52(48)60/h1-36,38-40,59,65-66,68H,37H2. The number of aromatic nitrogens is 1. The molecule has 0 bridgehead atoms. The number of rotatable bonds is 7. The number of para-hydroxylation sites is 1. The molecule has 3 aliphatic carbocycles. The van der Waals surface area contributed by atoms with Gasteiger partial charge in [0, 0.05) is 28.3 Å². The largest absolute Gasteiger partial charge is 0.384 e. The van der Waals surface area contributed by atoms with Crippen molar-refractivity contribution in [1.82, 2.24) is 4.57 Å². The van der Waals surface area contributed by atoms with Crippen molar-refractivity contribution in [2.75, 3.05) is 0 Å². The van der Waals surface area contributed by atoms with E-state index in [4.69, 9.17) is 0 Å². The smallest absolute Gasteiger partial charge is 0.104 e. The van der Waals surface area contributed by atoms with Crippen LogP contribution in [0.2, 0.25) is 0 Å². The first-order valence-corrected chi connectivity index (χ1v) is 23.9. The second-order valence-electron chi connectivity index (χ2n) is 18.8. The number of hydrogen-bond donors (Lipinski definition) is 1. The highest BCUT2D eigenvalue weighted by Gasteiger charge is 2.33. The van der Waals surface area contributed by atoms with E-state index in [9.17, 15) is 5.11 Å². The van der Waals surface area contributed by atoms with Crippen molar-refractivity contribution in [3.05, 3.63) is 292 Å². The third-order valence-corrected chi connectivity index (χ3v) is 15.2. The second kappa shape index (κ2) is 15.4. The molecule has 1 heterocycles. The van der Waals surface area contributed by atoms with Gasteiger partial charge < -0.3 is 9.67 Å². The maximum atomic E-state index is 11.8. The van der Waals surface area contributed by atoms with Crippen molar-refractivity contribution in [2.45, 2.75) is 24.4 Å². The molecule has 0 fully saturated rings. The lowest BCUT2D eigenvalue weighted by Crippen LogP contribution is -2.04. The molecule has 0 aliphatic heterocycles. The first-order valence-electron chi connectivity index (χ1n) is 23.9. The SMILES string of the molecule is OC(c1ccc(CC2c3ccccc3-c3cc(C4c5ccccc5-c5ccccc54)ccc32)cc1)c1ccc(-n2c3ccccc3c3cc(C=C4c5ccccc5-c5ccccc54)ccc32)cc1. The summed E-state index contributed by atoms with van der Waals surface area (Å²) in [5.41, 5.74) is 26.3. The number of hydrogen-bond acceptors (Lipinski definition) is 1. The fourth-order valence-electron chi connectivity index (χ4n) is 12.0. The van der Waals surface area contributed by atoms with Gasteiger partial charge in [-0.2, -0.15) is 0 Å². The third-order valence-electron chi connectivity index (χ3n) is 15.2. The summed E-state index contributed by atoms with van der Waals surface area (Å²) in [6, 6.07) is 84.0. The quantitative estimate of drug-likeness (QED) is 0.170. The van der Waals surface area contributed by atoms with E-state index >= 15 is 0 Å². The van der Waals surface area contributed by atoms with E-state index in [2.05, 4.69) is 241 Å². The average molecular weight is 868 g/mol. The molecule has 0 saturated heterocycles. The van der Waals surface area contributed by atoms with Crippen LogP contribution < -0.4 is 0 Å². The van der Waals surface area contributed by atoms with Crippen molar-refractivity contribution >= 4 is 33.5 Å². The Morgan fingerprint density at radius 3 is 1.59 bits per heavy atom. The Labute approximate surface area is 396 Å². The zero-order valence-corrected chi connectivity index (χ0v) is 37.4. The average Bonchev–Trinajstić information content (AvgIpc) is 4.11. The zero-order chi connectivity index (χ0) is 44.9. The Hall–Kier alpha value is -8.30. The lowest BCUT2D eigenvalue weighted by molar-refractivity contribution is 0.220. The Bertz CT molecular complexity index is 3760. The van der Waals surface area contributed by atoms with Gasteiger partial charge in [-0.1, -0.05) is 194 Å². The van der Waals surface area contributed by atoms with Crippen molar-refractivity contribution in [3.8, 4) is 39.1 Å². The van der Waals surface area contributed by atoms with Crippen LogP contribution in [0.4, 0.5) is 0 Å². The summed E-state index contributed by atoms with van der Waals surface area (Å²) in [4.78, 5) is 0. The fourth-order valence-corrected chi connectivity index (χ4v) is 12.0. The van der Waals surface area contributed by atoms with Gasteiger partial charge in [-0.05, 0) is 149 Å². The predicted octanol–water partition coefficient (Wildman–Crippen LogP) is 16.0. The van der Waals surface area contributed by atoms with Gasteiger partial charge in [-0.15, -0.1) is 0 Å². The Balaban J connectivity index is 0.732. The van der Waals surface area contributed by atoms with Gasteiger partial charge in [-0.3, -0.25) is 0 Å². The van der Waals surface area contributed by atoms with Gasteiger partial charge in [0.1, 0.15) is 6.10 Å². The maximum Gasteiger partial charge on any atom is 0.104 e. The minimum Gasteiger partial charge on any atom is -0.384 e. The van der Waals surface area contributed by atoms with Crippen LogP contribution in [0.25, 0.3) is 72.5 Å². The molecule has 0 saturated carbocycles. The van der Waals surface area contributed by atoms with Crippen LogP contribution in [0.5, 0.6) is 0 Å². The summed E-state index contributed by atoms with van der Waals surface area (Å²) in [6.07, 6.45) is 2.49. The molecule has 1 N–H and O–H groups in total. The van der Waals surface area contributed by atoms with Crippen molar-refractivity contribution in [2.24, 2.45) is 0 Å². The van der Waals surface area contributed by atoms with Gasteiger partial charge in [-0.25, -0.2) is 0 Å². The van der Waals surface area contributed by atoms with E-state index in [1.54, 1.807) is 0 Å². The minimum absolute atomic E-state index is 0.223. The number of aliphatic hydroxyl groups is 1. The molecule has 14 rings (SSSR count). The number of benzene rings is 10. The highest BCUT2D eigenvalue weighted by atomic mass is 16.3. The molecule has 0 spiro atoms. The molecule has 2 atom stereocenters. The summed E-state index contributed by atoms with van der Waals surface area (Å²) >= 11 is 0. The van der Waals surface area contributed by atoms with Crippen LogP contribution in [0.1, 0.15) is 79.1 Å². The molecule has 0 amide bonds. The molecule has 2 unspecified atom stereocenters. The summed E-state index contributed by atoms with van der Waals surface area (Å²) in [7, 11) is 0. The Morgan fingerprint density at radius 2 is 0.926 bits per heavy atom. The van der Waals surface area contributed by atoms with Crippen LogP contribution in [0.3, 0.4) is 0 Å². The summed E-state index contributed by atoms with van der Waals surface area (Å²) < 4.78 is 2.35.